The second kappa shape index (κ2) is 9.16. The monoisotopic (exact) mass is 477 g/mol. The number of halogens is 1. The van der Waals surface area contributed by atoms with Crippen LogP contribution in [0.3, 0.4) is 0 Å². The molecule has 0 unspecified atom stereocenters. The number of pyridine rings is 2. The highest BCUT2D eigenvalue weighted by Crippen LogP contribution is 2.38. The Balaban J connectivity index is 1.65. The van der Waals surface area contributed by atoms with Crippen LogP contribution in [-0.4, -0.2) is 9.97 Å². The van der Waals surface area contributed by atoms with Crippen molar-refractivity contribution in [1.29, 1.82) is 0 Å². The summed E-state index contributed by atoms with van der Waals surface area (Å²) in [5.74, 6) is 0. The van der Waals surface area contributed by atoms with Crippen LogP contribution in [0.4, 0.5) is 17.1 Å². The normalized spacial score (nSPS) is 10.7. The van der Waals surface area contributed by atoms with Crippen LogP contribution in [0, 0.1) is 0 Å². The fraction of sp³-hybridized carbons (Fsp3) is 0. The number of benzene rings is 3. The summed E-state index contributed by atoms with van der Waals surface area (Å²) in [6.07, 6.45) is 3.65. The molecule has 32 heavy (non-hydrogen) atoms. The minimum absolute atomic E-state index is 0.950. The summed E-state index contributed by atoms with van der Waals surface area (Å²) in [7, 11) is 0. The third kappa shape index (κ3) is 4.32. The van der Waals surface area contributed by atoms with Crippen molar-refractivity contribution < 1.29 is 0 Å². The summed E-state index contributed by atoms with van der Waals surface area (Å²) in [6, 6.07) is 37.2. The van der Waals surface area contributed by atoms with Gasteiger partial charge in [0.2, 0.25) is 0 Å². The van der Waals surface area contributed by atoms with Gasteiger partial charge in [-0.1, -0.05) is 58.4 Å². The van der Waals surface area contributed by atoms with E-state index in [2.05, 4.69) is 97.5 Å². The molecular weight excluding hydrogens is 458 g/mol. The van der Waals surface area contributed by atoms with Crippen molar-refractivity contribution in [2.24, 2.45) is 0 Å². The van der Waals surface area contributed by atoms with Gasteiger partial charge in [-0.2, -0.15) is 0 Å². The third-order valence-corrected chi connectivity index (χ3v) is 5.69. The predicted octanol–water partition coefficient (Wildman–Crippen LogP) is 8.04. The van der Waals surface area contributed by atoms with Crippen LogP contribution in [0.15, 0.2) is 126 Å². The SMILES string of the molecule is Brc1cccc(N(c2cccc(-c3ccccn3)c2)c2cccc(-c3ccccn3)c2)c1. The Hall–Kier alpha value is -3.76. The van der Waals surface area contributed by atoms with Crippen molar-refractivity contribution >= 4 is 33.0 Å². The van der Waals surface area contributed by atoms with E-state index in [-0.39, 0.29) is 0 Å². The molecule has 0 fully saturated rings. The summed E-state index contributed by atoms with van der Waals surface area (Å²) in [5, 5.41) is 0. The lowest BCUT2D eigenvalue weighted by molar-refractivity contribution is 1.26. The lowest BCUT2D eigenvalue weighted by Crippen LogP contribution is -2.10. The molecule has 0 aliphatic heterocycles. The van der Waals surface area contributed by atoms with E-state index in [4.69, 9.17) is 0 Å². The maximum absolute atomic E-state index is 4.53. The lowest BCUT2D eigenvalue weighted by atomic mass is 10.1. The molecule has 5 rings (SSSR count). The number of nitrogens with zero attached hydrogens (tertiary/aromatic N) is 3. The smallest absolute Gasteiger partial charge is 0.0702 e. The van der Waals surface area contributed by atoms with Crippen LogP contribution in [-0.2, 0) is 0 Å². The number of anilines is 3. The Morgan fingerprint density at radius 2 is 1.00 bits per heavy atom. The number of aromatic nitrogens is 2. The van der Waals surface area contributed by atoms with Crippen molar-refractivity contribution in [1.82, 2.24) is 9.97 Å². The topological polar surface area (TPSA) is 29.0 Å². The van der Waals surface area contributed by atoms with Crippen LogP contribution in [0.2, 0.25) is 0 Å². The van der Waals surface area contributed by atoms with Crippen LogP contribution in [0.5, 0.6) is 0 Å². The van der Waals surface area contributed by atoms with Gasteiger partial charge in [-0.25, -0.2) is 0 Å². The van der Waals surface area contributed by atoms with Crippen LogP contribution in [0.1, 0.15) is 0 Å². The van der Waals surface area contributed by atoms with Crippen molar-refractivity contribution in [2.45, 2.75) is 0 Å². The molecule has 0 radical (unpaired) electrons. The molecule has 0 saturated carbocycles. The summed E-state index contributed by atoms with van der Waals surface area (Å²) >= 11 is 3.63. The lowest BCUT2D eigenvalue weighted by Gasteiger charge is -2.26. The van der Waals surface area contributed by atoms with Crippen molar-refractivity contribution in [2.75, 3.05) is 4.90 Å². The maximum Gasteiger partial charge on any atom is 0.0702 e. The van der Waals surface area contributed by atoms with E-state index >= 15 is 0 Å². The zero-order chi connectivity index (χ0) is 21.8. The molecule has 0 atom stereocenters. The van der Waals surface area contributed by atoms with Crippen LogP contribution >= 0.6 is 15.9 Å². The molecule has 0 amide bonds. The first-order valence-corrected chi connectivity index (χ1v) is 11.2. The van der Waals surface area contributed by atoms with Gasteiger partial charge in [-0.15, -0.1) is 0 Å². The second-order valence-electron chi connectivity index (χ2n) is 7.35. The van der Waals surface area contributed by atoms with E-state index in [0.29, 0.717) is 0 Å². The Morgan fingerprint density at radius 1 is 0.500 bits per heavy atom. The van der Waals surface area contributed by atoms with Crippen LogP contribution < -0.4 is 4.90 Å². The number of hydrogen-bond donors (Lipinski definition) is 0. The van der Waals surface area contributed by atoms with Gasteiger partial charge >= 0.3 is 0 Å². The summed E-state index contributed by atoms with van der Waals surface area (Å²) in [4.78, 5) is 11.3. The molecule has 0 bridgehead atoms. The van der Waals surface area contributed by atoms with E-state index in [9.17, 15) is 0 Å². The fourth-order valence-corrected chi connectivity index (χ4v) is 4.13. The Bertz CT molecular complexity index is 1250. The van der Waals surface area contributed by atoms with E-state index in [0.717, 1.165) is 44.0 Å². The zero-order valence-corrected chi connectivity index (χ0v) is 18.9. The van der Waals surface area contributed by atoms with E-state index in [1.807, 2.05) is 54.9 Å². The average Bonchev–Trinajstić information content (AvgIpc) is 2.86. The highest BCUT2D eigenvalue weighted by atomic mass is 79.9. The Labute approximate surface area is 196 Å². The van der Waals surface area contributed by atoms with Gasteiger partial charge in [0.15, 0.2) is 0 Å². The molecule has 3 nitrogen and oxygen atoms in total. The molecular formula is C28H20BrN3. The molecule has 0 saturated heterocycles. The molecule has 0 spiro atoms. The van der Waals surface area contributed by atoms with Crippen molar-refractivity contribution in [3.05, 3.63) is 126 Å². The maximum atomic E-state index is 4.53. The fourth-order valence-electron chi connectivity index (χ4n) is 3.74. The predicted molar refractivity (Wildman–Crippen MR) is 135 cm³/mol. The van der Waals surface area contributed by atoms with Gasteiger partial charge < -0.3 is 4.90 Å². The van der Waals surface area contributed by atoms with Gasteiger partial charge in [0.1, 0.15) is 0 Å². The third-order valence-electron chi connectivity index (χ3n) is 5.20. The van der Waals surface area contributed by atoms with Crippen molar-refractivity contribution in [3.63, 3.8) is 0 Å². The zero-order valence-electron chi connectivity index (χ0n) is 17.3. The molecule has 0 aliphatic carbocycles. The number of rotatable bonds is 5. The largest absolute Gasteiger partial charge is 0.310 e. The molecule has 5 aromatic rings. The van der Waals surface area contributed by atoms with Crippen LogP contribution in [0.25, 0.3) is 22.5 Å². The van der Waals surface area contributed by atoms with E-state index in [1.165, 1.54) is 0 Å². The molecule has 0 aliphatic rings. The van der Waals surface area contributed by atoms with E-state index in [1.54, 1.807) is 0 Å². The molecule has 4 heteroatoms. The standard InChI is InChI=1S/C28H20BrN3/c29-23-10-7-13-26(20-23)32(24-11-5-8-21(18-24)27-14-1-3-16-30-27)25-12-6-9-22(19-25)28-15-2-4-17-31-28/h1-20H. The molecule has 154 valence electrons. The summed E-state index contributed by atoms with van der Waals surface area (Å²) in [6.45, 7) is 0. The average molecular weight is 478 g/mol. The Morgan fingerprint density at radius 3 is 1.47 bits per heavy atom. The van der Waals surface area contributed by atoms with Gasteiger partial charge in [0, 0.05) is 45.1 Å². The van der Waals surface area contributed by atoms with Gasteiger partial charge in [-0.05, 0) is 66.7 Å². The highest BCUT2D eigenvalue weighted by Gasteiger charge is 2.15. The minimum atomic E-state index is 0.950. The van der Waals surface area contributed by atoms with Crippen molar-refractivity contribution in [3.8, 4) is 22.5 Å². The minimum Gasteiger partial charge on any atom is -0.310 e. The first kappa shape index (κ1) is 20.2. The van der Waals surface area contributed by atoms with Gasteiger partial charge in [0.25, 0.3) is 0 Å². The first-order valence-electron chi connectivity index (χ1n) is 10.4. The first-order chi connectivity index (χ1) is 15.8. The summed E-state index contributed by atoms with van der Waals surface area (Å²) < 4.78 is 1.03. The van der Waals surface area contributed by atoms with E-state index < -0.39 is 0 Å². The molecule has 2 heterocycles. The second-order valence-corrected chi connectivity index (χ2v) is 8.26. The Kier molecular flexibility index (Phi) is 5.77. The quantitative estimate of drug-likeness (QED) is 0.256. The molecule has 0 N–H and O–H groups in total. The summed E-state index contributed by atoms with van der Waals surface area (Å²) in [5.41, 5.74) is 7.23. The number of hydrogen-bond acceptors (Lipinski definition) is 3. The highest BCUT2D eigenvalue weighted by molar-refractivity contribution is 9.10. The molecule has 2 aromatic heterocycles. The molecule has 3 aromatic carbocycles. The van der Waals surface area contributed by atoms with Gasteiger partial charge in [-0.3, -0.25) is 9.97 Å². The van der Waals surface area contributed by atoms with Gasteiger partial charge in [0.05, 0.1) is 11.4 Å².